The molecule has 19 heavy (non-hydrogen) atoms. The third kappa shape index (κ3) is 4.84. The normalized spacial score (nSPS) is 12.0. The summed E-state index contributed by atoms with van der Waals surface area (Å²) in [6.07, 6.45) is -0.640. The first-order valence-corrected chi connectivity index (χ1v) is 5.94. The Morgan fingerprint density at radius 3 is 2.84 bits per heavy atom. The SMILES string of the molecule is COC(CN)C(=O)N(C)CCOc1cccc(F)c1. The smallest absolute Gasteiger partial charge is 0.252 e. The van der Waals surface area contributed by atoms with Gasteiger partial charge in [-0.1, -0.05) is 6.07 Å². The summed E-state index contributed by atoms with van der Waals surface area (Å²) in [6, 6.07) is 5.85. The number of carbonyl (C=O) groups excluding carboxylic acids is 1. The second kappa shape index (κ2) is 7.70. The Kier molecular flexibility index (Phi) is 6.24. The van der Waals surface area contributed by atoms with E-state index in [0.29, 0.717) is 12.3 Å². The van der Waals surface area contributed by atoms with Crippen molar-refractivity contribution in [1.29, 1.82) is 0 Å². The predicted molar refractivity (Wildman–Crippen MR) is 69.4 cm³/mol. The summed E-state index contributed by atoms with van der Waals surface area (Å²) in [5.41, 5.74) is 5.41. The van der Waals surface area contributed by atoms with Gasteiger partial charge >= 0.3 is 0 Å². The first-order valence-electron chi connectivity index (χ1n) is 5.94. The topological polar surface area (TPSA) is 64.8 Å². The van der Waals surface area contributed by atoms with Crippen LogP contribution in [0.4, 0.5) is 4.39 Å². The van der Waals surface area contributed by atoms with Gasteiger partial charge in [-0.05, 0) is 12.1 Å². The molecule has 2 N–H and O–H groups in total. The van der Waals surface area contributed by atoms with Crippen LogP contribution in [0.25, 0.3) is 0 Å². The first-order chi connectivity index (χ1) is 9.08. The molecule has 0 radical (unpaired) electrons. The van der Waals surface area contributed by atoms with Crippen molar-refractivity contribution >= 4 is 5.91 Å². The van der Waals surface area contributed by atoms with Gasteiger partial charge in [0.05, 0.1) is 6.54 Å². The lowest BCUT2D eigenvalue weighted by atomic mass is 10.3. The third-order valence-corrected chi connectivity index (χ3v) is 2.64. The van der Waals surface area contributed by atoms with Crippen LogP contribution in [0, 0.1) is 5.82 Å². The highest BCUT2D eigenvalue weighted by Gasteiger charge is 2.19. The second-order valence-electron chi connectivity index (χ2n) is 4.03. The number of halogens is 1. The maximum Gasteiger partial charge on any atom is 0.252 e. The van der Waals surface area contributed by atoms with E-state index in [1.165, 1.54) is 24.1 Å². The number of hydrogen-bond donors (Lipinski definition) is 1. The number of ether oxygens (including phenoxy) is 2. The number of nitrogens with zero attached hydrogens (tertiary/aromatic N) is 1. The number of carbonyl (C=O) groups is 1. The summed E-state index contributed by atoms with van der Waals surface area (Å²) in [6.45, 7) is 0.770. The van der Waals surface area contributed by atoms with Crippen LogP contribution < -0.4 is 10.5 Å². The molecule has 0 spiro atoms. The molecular formula is C13H19FN2O3. The Morgan fingerprint density at radius 1 is 1.53 bits per heavy atom. The van der Waals surface area contributed by atoms with Crippen LogP contribution in [-0.4, -0.2) is 50.8 Å². The molecule has 106 valence electrons. The van der Waals surface area contributed by atoms with Gasteiger partial charge in [0.1, 0.15) is 24.3 Å². The van der Waals surface area contributed by atoms with E-state index in [2.05, 4.69) is 0 Å². The lowest BCUT2D eigenvalue weighted by Gasteiger charge is -2.21. The minimum absolute atomic E-state index is 0.129. The summed E-state index contributed by atoms with van der Waals surface area (Å²) in [4.78, 5) is 13.3. The molecule has 0 heterocycles. The van der Waals surface area contributed by atoms with E-state index in [1.807, 2.05) is 0 Å². The highest BCUT2D eigenvalue weighted by Crippen LogP contribution is 2.11. The average molecular weight is 270 g/mol. The van der Waals surface area contributed by atoms with E-state index in [4.69, 9.17) is 15.2 Å². The maximum absolute atomic E-state index is 12.9. The van der Waals surface area contributed by atoms with Crippen LogP contribution in [0.2, 0.25) is 0 Å². The molecule has 6 heteroatoms. The van der Waals surface area contributed by atoms with Gasteiger partial charge in [0.2, 0.25) is 0 Å². The van der Waals surface area contributed by atoms with E-state index in [0.717, 1.165) is 0 Å². The number of rotatable bonds is 7. The zero-order chi connectivity index (χ0) is 14.3. The van der Waals surface area contributed by atoms with Gasteiger partial charge in [-0.3, -0.25) is 4.79 Å². The van der Waals surface area contributed by atoms with Crippen LogP contribution in [0.3, 0.4) is 0 Å². The van der Waals surface area contributed by atoms with Gasteiger partial charge in [0.15, 0.2) is 0 Å². The second-order valence-corrected chi connectivity index (χ2v) is 4.03. The Balaban J connectivity index is 2.38. The van der Waals surface area contributed by atoms with E-state index >= 15 is 0 Å². The quantitative estimate of drug-likeness (QED) is 0.789. The summed E-state index contributed by atoms with van der Waals surface area (Å²) in [5.74, 6) is -0.125. The van der Waals surface area contributed by atoms with E-state index in [1.54, 1.807) is 19.2 Å². The number of hydrogen-bond acceptors (Lipinski definition) is 4. The molecule has 0 saturated heterocycles. The van der Waals surface area contributed by atoms with E-state index < -0.39 is 6.10 Å². The summed E-state index contributed by atoms with van der Waals surface area (Å²) >= 11 is 0. The van der Waals surface area contributed by atoms with Gasteiger partial charge in [-0.25, -0.2) is 4.39 Å². The van der Waals surface area contributed by atoms with Crippen molar-refractivity contribution in [3.05, 3.63) is 30.1 Å². The van der Waals surface area contributed by atoms with Crippen molar-refractivity contribution in [2.45, 2.75) is 6.10 Å². The van der Waals surface area contributed by atoms with Gasteiger partial charge in [-0.2, -0.15) is 0 Å². The average Bonchev–Trinajstić information content (AvgIpc) is 2.40. The largest absolute Gasteiger partial charge is 0.492 e. The molecule has 0 fully saturated rings. The van der Waals surface area contributed by atoms with Crippen molar-refractivity contribution in [3.63, 3.8) is 0 Å². The monoisotopic (exact) mass is 270 g/mol. The van der Waals surface area contributed by atoms with Crippen LogP contribution in [0.15, 0.2) is 24.3 Å². The lowest BCUT2D eigenvalue weighted by molar-refractivity contribution is -0.140. The number of methoxy groups -OCH3 is 1. The Labute approximate surface area is 112 Å². The Bertz CT molecular complexity index is 411. The van der Waals surface area contributed by atoms with Crippen molar-refractivity contribution < 1.29 is 18.7 Å². The fraction of sp³-hybridized carbons (Fsp3) is 0.462. The van der Waals surface area contributed by atoms with Crippen LogP contribution >= 0.6 is 0 Å². The van der Waals surface area contributed by atoms with Crippen molar-refractivity contribution in [2.24, 2.45) is 5.73 Å². The highest BCUT2D eigenvalue weighted by atomic mass is 19.1. The maximum atomic E-state index is 12.9. The number of benzene rings is 1. The molecule has 0 saturated carbocycles. The minimum Gasteiger partial charge on any atom is -0.492 e. The third-order valence-electron chi connectivity index (χ3n) is 2.64. The fourth-order valence-electron chi connectivity index (χ4n) is 1.51. The van der Waals surface area contributed by atoms with Crippen LogP contribution in [-0.2, 0) is 9.53 Å². The molecule has 1 aromatic rings. The summed E-state index contributed by atoms with van der Waals surface area (Å²) in [5, 5.41) is 0. The molecule has 5 nitrogen and oxygen atoms in total. The van der Waals surface area contributed by atoms with E-state index in [9.17, 15) is 9.18 Å². The van der Waals surface area contributed by atoms with Gasteiger partial charge < -0.3 is 20.1 Å². The number of nitrogens with two attached hydrogens (primary N) is 1. The Morgan fingerprint density at radius 2 is 2.26 bits per heavy atom. The lowest BCUT2D eigenvalue weighted by Crippen LogP contribution is -2.43. The Hall–Kier alpha value is -1.66. The molecular weight excluding hydrogens is 251 g/mol. The summed E-state index contributed by atoms with van der Waals surface area (Å²) in [7, 11) is 3.07. The van der Waals surface area contributed by atoms with Crippen molar-refractivity contribution in [1.82, 2.24) is 4.90 Å². The van der Waals surface area contributed by atoms with Gasteiger partial charge in [0.25, 0.3) is 5.91 Å². The highest BCUT2D eigenvalue weighted by molar-refractivity contribution is 5.80. The number of amides is 1. The number of likely N-dealkylation sites (N-methyl/N-ethyl adjacent to an activating group) is 1. The molecule has 1 atom stereocenters. The van der Waals surface area contributed by atoms with E-state index in [-0.39, 0.29) is 24.9 Å². The fourth-order valence-corrected chi connectivity index (χ4v) is 1.51. The molecule has 1 rings (SSSR count). The molecule has 0 aliphatic heterocycles. The summed E-state index contributed by atoms with van der Waals surface area (Å²) < 4.78 is 23.2. The molecule has 1 amide bonds. The van der Waals surface area contributed by atoms with Crippen LogP contribution in [0.5, 0.6) is 5.75 Å². The zero-order valence-electron chi connectivity index (χ0n) is 11.1. The molecule has 0 bridgehead atoms. The van der Waals surface area contributed by atoms with Gasteiger partial charge in [-0.15, -0.1) is 0 Å². The molecule has 0 aliphatic rings. The van der Waals surface area contributed by atoms with Crippen molar-refractivity contribution in [3.8, 4) is 5.75 Å². The molecule has 1 aromatic carbocycles. The van der Waals surface area contributed by atoms with Crippen LogP contribution in [0.1, 0.15) is 0 Å². The van der Waals surface area contributed by atoms with Crippen molar-refractivity contribution in [2.75, 3.05) is 33.9 Å². The molecule has 1 unspecified atom stereocenters. The zero-order valence-corrected chi connectivity index (χ0v) is 11.1. The van der Waals surface area contributed by atoms with Gasteiger partial charge in [0, 0.05) is 26.8 Å². The molecule has 0 aromatic heterocycles. The standard InChI is InChI=1S/C13H19FN2O3/c1-16(13(17)12(9-15)18-2)6-7-19-11-5-3-4-10(14)8-11/h3-5,8,12H,6-7,9,15H2,1-2H3. The molecule has 0 aliphatic carbocycles. The minimum atomic E-state index is -0.640. The predicted octanol–water partition coefficient (Wildman–Crippen LogP) is 0.637. The first kappa shape index (κ1) is 15.4.